The summed E-state index contributed by atoms with van der Waals surface area (Å²) in [6.07, 6.45) is -0.900. The average molecular weight is 229 g/mol. The van der Waals surface area contributed by atoms with Crippen molar-refractivity contribution in [1.82, 2.24) is 4.90 Å². The van der Waals surface area contributed by atoms with E-state index in [0.717, 1.165) is 0 Å². The molecule has 0 aromatic carbocycles. The van der Waals surface area contributed by atoms with Gasteiger partial charge in [-0.3, -0.25) is 4.79 Å². The van der Waals surface area contributed by atoms with Crippen LogP contribution in [0.25, 0.3) is 0 Å². The molecular weight excluding hydrogens is 210 g/mol. The molecule has 0 N–H and O–H groups in total. The number of rotatable bonds is 1. The van der Waals surface area contributed by atoms with Gasteiger partial charge >= 0.3 is 6.09 Å². The standard InChI is InChI=1S/C11H19NO4/c1-8(13)9-7-12(5-6-15-9)10(14)16-11(2,3)4/h9H,5-7H2,1-4H3/t9-/m0/s1. The first kappa shape index (κ1) is 13.0. The second-order valence-corrected chi connectivity index (χ2v) is 4.90. The maximum Gasteiger partial charge on any atom is 0.410 e. The van der Waals surface area contributed by atoms with E-state index in [0.29, 0.717) is 13.2 Å². The van der Waals surface area contributed by atoms with Crippen molar-refractivity contribution in [2.24, 2.45) is 0 Å². The van der Waals surface area contributed by atoms with Crippen LogP contribution in [0.3, 0.4) is 0 Å². The molecule has 16 heavy (non-hydrogen) atoms. The smallest absolute Gasteiger partial charge is 0.410 e. The number of amides is 1. The number of morpholine rings is 1. The van der Waals surface area contributed by atoms with Crippen LogP contribution in [0.5, 0.6) is 0 Å². The molecule has 0 aromatic rings. The Labute approximate surface area is 95.7 Å². The quantitative estimate of drug-likeness (QED) is 0.678. The Balaban J connectivity index is 2.54. The lowest BCUT2D eigenvalue weighted by Gasteiger charge is -2.33. The van der Waals surface area contributed by atoms with E-state index in [1.54, 1.807) is 0 Å². The first-order valence-corrected chi connectivity index (χ1v) is 5.39. The molecule has 0 saturated carbocycles. The van der Waals surface area contributed by atoms with Crippen molar-refractivity contribution < 1.29 is 19.1 Å². The fourth-order valence-corrected chi connectivity index (χ4v) is 1.39. The summed E-state index contributed by atoms with van der Waals surface area (Å²) in [6.45, 7) is 8.03. The average Bonchev–Trinajstić information content (AvgIpc) is 2.15. The highest BCUT2D eigenvalue weighted by atomic mass is 16.6. The molecule has 5 heteroatoms. The Hall–Kier alpha value is -1.10. The van der Waals surface area contributed by atoms with Crippen LogP contribution in [0.15, 0.2) is 0 Å². The molecular formula is C11H19NO4. The zero-order valence-corrected chi connectivity index (χ0v) is 10.3. The van der Waals surface area contributed by atoms with Crippen molar-refractivity contribution in [2.75, 3.05) is 19.7 Å². The third-order valence-electron chi connectivity index (χ3n) is 2.17. The van der Waals surface area contributed by atoms with Crippen LogP contribution in [-0.4, -0.2) is 48.2 Å². The number of ether oxygens (including phenoxy) is 2. The summed E-state index contributed by atoms with van der Waals surface area (Å²) < 4.78 is 10.5. The van der Waals surface area contributed by atoms with Crippen LogP contribution in [0.4, 0.5) is 4.79 Å². The summed E-state index contributed by atoms with van der Waals surface area (Å²) in [5.74, 6) is -0.0618. The first-order valence-electron chi connectivity index (χ1n) is 5.39. The van der Waals surface area contributed by atoms with Gasteiger partial charge in [-0.1, -0.05) is 0 Å². The molecule has 92 valence electrons. The van der Waals surface area contributed by atoms with E-state index in [4.69, 9.17) is 9.47 Å². The summed E-state index contributed by atoms with van der Waals surface area (Å²) in [5.41, 5.74) is -0.513. The highest BCUT2D eigenvalue weighted by Gasteiger charge is 2.29. The summed E-state index contributed by atoms with van der Waals surface area (Å²) in [4.78, 5) is 24.4. The zero-order chi connectivity index (χ0) is 12.3. The molecule has 1 saturated heterocycles. The van der Waals surface area contributed by atoms with Gasteiger partial charge in [0.05, 0.1) is 13.2 Å². The largest absolute Gasteiger partial charge is 0.444 e. The monoisotopic (exact) mass is 229 g/mol. The van der Waals surface area contributed by atoms with E-state index in [9.17, 15) is 9.59 Å². The number of ketones is 1. The number of hydrogen-bond donors (Lipinski definition) is 0. The molecule has 1 aliphatic heterocycles. The van der Waals surface area contributed by atoms with Crippen molar-refractivity contribution in [3.05, 3.63) is 0 Å². The van der Waals surface area contributed by atoms with E-state index in [2.05, 4.69) is 0 Å². The molecule has 1 amide bonds. The van der Waals surface area contributed by atoms with Crippen LogP contribution in [0, 0.1) is 0 Å². The van der Waals surface area contributed by atoms with Crippen molar-refractivity contribution in [2.45, 2.75) is 39.4 Å². The second-order valence-electron chi connectivity index (χ2n) is 4.90. The lowest BCUT2D eigenvalue weighted by molar-refractivity contribution is -0.133. The molecule has 1 fully saturated rings. The SMILES string of the molecule is CC(=O)[C@@H]1CN(C(=O)OC(C)(C)C)CCO1. The maximum atomic E-state index is 11.7. The third kappa shape index (κ3) is 3.81. The highest BCUT2D eigenvalue weighted by Crippen LogP contribution is 2.13. The van der Waals surface area contributed by atoms with Gasteiger partial charge in [0.2, 0.25) is 0 Å². The van der Waals surface area contributed by atoms with Gasteiger partial charge in [0.25, 0.3) is 0 Å². The summed E-state index contributed by atoms with van der Waals surface area (Å²) in [5, 5.41) is 0. The molecule has 1 aliphatic rings. The Morgan fingerprint density at radius 2 is 2.00 bits per heavy atom. The Morgan fingerprint density at radius 1 is 1.38 bits per heavy atom. The van der Waals surface area contributed by atoms with Crippen LogP contribution < -0.4 is 0 Å². The molecule has 0 unspecified atom stereocenters. The summed E-state index contributed by atoms with van der Waals surface area (Å²) in [6, 6.07) is 0. The molecule has 0 bridgehead atoms. The molecule has 0 spiro atoms. The van der Waals surface area contributed by atoms with Crippen LogP contribution in [-0.2, 0) is 14.3 Å². The third-order valence-corrected chi connectivity index (χ3v) is 2.17. The fourth-order valence-electron chi connectivity index (χ4n) is 1.39. The van der Waals surface area contributed by atoms with E-state index in [1.165, 1.54) is 11.8 Å². The number of hydrogen-bond acceptors (Lipinski definition) is 4. The topological polar surface area (TPSA) is 55.8 Å². The zero-order valence-electron chi connectivity index (χ0n) is 10.3. The van der Waals surface area contributed by atoms with Crippen LogP contribution in [0.1, 0.15) is 27.7 Å². The molecule has 5 nitrogen and oxygen atoms in total. The fraction of sp³-hybridized carbons (Fsp3) is 0.818. The normalized spacial score (nSPS) is 21.8. The van der Waals surface area contributed by atoms with Gasteiger partial charge < -0.3 is 14.4 Å². The highest BCUT2D eigenvalue weighted by molar-refractivity contribution is 5.81. The van der Waals surface area contributed by atoms with Gasteiger partial charge in [0, 0.05) is 6.54 Å². The Kier molecular flexibility index (Phi) is 3.91. The Bertz CT molecular complexity index is 282. The van der Waals surface area contributed by atoms with E-state index in [1.807, 2.05) is 20.8 Å². The predicted molar refractivity (Wildman–Crippen MR) is 58.2 cm³/mol. The number of Topliss-reactive ketones (excluding diaryl/α,β-unsaturated/α-hetero) is 1. The van der Waals surface area contributed by atoms with Gasteiger partial charge in [0.1, 0.15) is 11.7 Å². The van der Waals surface area contributed by atoms with Crippen molar-refractivity contribution in [1.29, 1.82) is 0 Å². The molecule has 0 radical (unpaired) electrons. The molecule has 1 atom stereocenters. The van der Waals surface area contributed by atoms with Crippen LogP contribution >= 0.6 is 0 Å². The minimum Gasteiger partial charge on any atom is -0.444 e. The molecule has 1 heterocycles. The Morgan fingerprint density at radius 3 is 2.50 bits per heavy atom. The van der Waals surface area contributed by atoms with Crippen LogP contribution in [0.2, 0.25) is 0 Å². The maximum absolute atomic E-state index is 11.7. The van der Waals surface area contributed by atoms with Gasteiger partial charge in [-0.25, -0.2) is 4.79 Å². The number of nitrogens with zero attached hydrogens (tertiary/aromatic N) is 1. The van der Waals surface area contributed by atoms with Crippen molar-refractivity contribution >= 4 is 11.9 Å². The lowest BCUT2D eigenvalue weighted by atomic mass is 10.2. The van der Waals surface area contributed by atoms with E-state index < -0.39 is 11.7 Å². The minimum atomic E-state index is -0.513. The molecule has 0 aliphatic carbocycles. The van der Waals surface area contributed by atoms with Gasteiger partial charge in [-0.15, -0.1) is 0 Å². The van der Waals surface area contributed by atoms with E-state index in [-0.39, 0.29) is 18.4 Å². The minimum absolute atomic E-state index is 0.0618. The number of carbonyl (C=O) groups excluding carboxylic acids is 2. The predicted octanol–water partition coefficient (Wildman–Crippen LogP) is 1.21. The summed E-state index contributed by atoms with van der Waals surface area (Å²) >= 11 is 0. The molecule has 1 rings (SSSR count). The van der Waals surface area contributed by atoms with Gasteiger partial charge in [0.15, 0.2) is 5.78 Å². The van der Waals surface area contributed by atoms with Crippen molar-refractivity contribution in [3.8, 4) is 0 Å². The first-order chi connectivity index (χ1) is 7.29. The summed E-state index contributed by atoms with van der Waals surface area (Å²) in [7, 11) is 0. The van der Waals surface area contributed by atoms with E-state index >= 15 is 0 Å². The lowest BCUT2D eigenvalue weighted by Crippen LogP contribution is -2.49. The van der Waals surface area contributed by atoms with Gasteiger partial charge in [-0.2, -0.15) is 0 Å². The van der Waals surface area contributed by atoms with Gasteiger partial charge in [-0.05, 0) is 27.7 Å². The van der Waals surface area contributed by atoms with Crippen molar-refractivity contribution in [3.63, 3.8) is 0 Å². The number of carbonyl (C=O) groups is 2. The second kappa shape index (κ2) is 4.82. The molecule has 0 aromatic heterocycles.